The van der Waals surface area contributed by atoms with E-state index in [2.05, 4.69) is 10.6 Å². The van der Waals surface area contributed by atoms with E-state index in [0.717, 1.165) is 38.1 Å². The van der Waals surface area contributed by atoms with Crippen LogP contribution in [0.15, 0.2) is 42.5 Å². The molecule has 9 heteroatoms. The summed E-state index contributed by atoms with van der Waals surface area (Å²) in [4.78, 5) is 14.2. The average molecular weight is 428 g/mol. The van der Waals surface area contributed by atoms with Gasteiger partial charge in [-0.05, 0) is 67.5 Å². The zero-order valence-corrected chi connectivity index (χ0v) is 16.2. The van der Waals surface area contributed by atoms with Crippen molar-refractivity contribution in [2.45, 2.75) is 19.0 Å². The first-order valence-electron chi connectivity index (χ1n) is 8.58. The van der Waals surface area contributed by atoms with Gasteiger partial charge in [0.1, 0.15) is 0 Å². The topological polar surface area (TPSA) is 44.4 Å². The molecule has 0 bridgehead atoms. The van der Waals surface area contributed by atoms with Crippen LogP contribution in [-0.4, -0.2) is 24.1 Å². The molecule has 2 aromatic carbocycles. The third-order valence-electron chi connectivity index (χ3n) is 4.35. The molecule has 3 rings (SSSR count). The highest BCUT2D eigenvalue weighted by molar-refractivity contribution is 7.80. The molecule has 2 N–H and O–H groups in total. The highest BCUT2D eigenvalue weighted by Crippen LogP contribution is 2.36. The Balaban J connectivity index is 1.79. The third kappa shape index (κ3) is 4.94. The van der Waals surface area contributed by atoms with E-state index in [0.29, 0.717) is 16.3 Å². The second-order valence-electron chi connectivity index (χ2n) is 6.34. The Morgan fingerprint density at radius 1 is 1.07 bits per heavy atom. The van der Waals surface area contributed by atoms with E-state index in [4.69, 9.17) is 23.8 Å². The molecule has 2 aromatic rings. The fraction of sp³-hybridized carbons (Fsp3) is 0.263. The molecule has 4 nitrogen and oxygen atoms in total. The molecule has 1 heterocycles. The molecule has 1 saturated heterocycles. The fourth-order valence-corrected chi connectivity index (χ4v) is 3.31. The van der Waals surface area contributed by atoms with E-state index >= 15 is 0 Å². The number of carbonyl (C=O) groups is 1. The van der Waals surface area contributed by atoms with Crippen LogP contribution in [0.2, 0.25) is 5.02 Å². The van der Waals surface area contributed by atoms with Crippen molar-refractivity contribution in [2.24, 2.45) is 0 Å². The lowest BCUT2D eigenvalue weighted by atomic mass is 10.1. The van der Waals surface area contributed by atoms with Gasteiger partial charge in [-0.2, -0.15) is 13.2 Å². The number of halogens is 4. The van der Waals surface area contributed by atoms with Crippen molar-refractivity contribution in [2.75, 3.05) is 23.3 Å². The van der Waals surface area contributed by atoms with Gasteiger partial charge in [-0.25, -0.2) is 0 Å². The molecular formula is C19H17ClF3N3OS. The Labute approximate surface area is 170 Å². The summed E-state index contributed by atoms with van der Waals surface area (Å²) >= 11 is 10.9. The van der Waals surface area contributed by atoms with Gasteiger partial charge < -0.3 is 10.2 Å². The highest BCUT2D eigenvalue weighted by atomic mass is 35.5. The number of carbonyl (C=O) groups excluding carboxylic acids is 1. The minimum absolute atomic E-state index is 0.0836. The Hall–Kier alpha value is -2.32. The van der Waals surface area contributed by atoms with Crippen LogP contribution in [0.25, 0.3) is 0 Å². The summed E-state index contributed by atoms with van der Waals surface area (Å²) < 4.78 is 39.4. The predicted molar refractivity (Wildman–Crippen MR) is 108 cm³/mol. The van der Waals surface area contributed by atoms with Crippen molar-refractivity contribution >= 4 is 46.2 Å². The Kier molecular flexibility index (Phi) is 6.10. The molecule has 1 amide bonds. The summed E-state index contributed by atoms with van der Waals surface area (Å²) in [5.74, 6) is -0.483. The maximum absolute atomic E-state index is 13.1. The number of thiocarbonyl (C=S) groups is 1. The van der Waals surface area contributed by atoms with Gasteiger partial charge in [-0.15, -0.1) is 0 Å². The standard InChI is InChI=1S/C19H17ClF3N3OS/c20-14-6-3-12(4-7-14)17(27)25-18(28)24-15-11-13(19(21,22)23)5-8-16(15)26-9-1-2-10-26/h3-8,11H,1-2,9-10H2,(H2,24,25,27,28). The summed E-state index contributed by atoms with van der Waals surface area (Å²) in [5, 5.41) is 5.62. The largest absolute Gasteiger partial charge is 0.416 e. The van der Waals surface area contributed by atoms with Crippen LogP contribution in [0.3, 0.4) is 0 Å². The second kappa shape index (κ2) is 8.36. The predicted octanol–water partition coefficient (Wildman–Crippen LogP) is 5.09. The first-order valence-corrected chi connectivity index (χ1v) is 9.37. The minimum Gasteiger partial charge on any atom is -0.370 e. The molecule has 148 valence electrons. The van der Waals surface area contributed by atoms with E-state index in [9.17, 15) is 18.0 Å². The van der Waals surface area contributed by atoms with Gasteiger partial charge in [0.25, 0.3) is 5.91 Å². The number of benzene rings is 2. The number of amides is 1. The van der Waals surface area contributed by atoms with Crippen LogP contribution >= 0.6 is 23.8 Å². The number of alkyl halides is 3. The minimum atomic E-state index is -4.48. The zero-order chi connectivity index (χ0) is 20.3. The van der Waals surface area contributed by atoms with Crippen molar-refractivity contribution in [3.05, 3.63) is 58.6 Å². The van der Waals surface area contributed by atoms with Crippen molar-refractivity contribution < 1.29 is 18.0 Å². The van der Waals surface area contributed by atoms with E-state index in [1.165, 1.54) is 18.2 Å². The number of nitrogens with zero attached hydrogens (tertiary/aromatic N) is 1. The molecule has 28 heavy (non-hydrogen) atoms. The molecule has 0 atom stereocenters. The van der Waals surface area contributed by atoms with Crippen molar-refractivity contribution in [3.8, 4) is 0 Å². The molecule has 1 fully saturated rings. The molecule has 0 saturated carbocycles. The van der Waals surface area contributed by atoms with Crippen LogP contribution in [0.1, 0.15) is 28.8 Å². The van der Waals surface area contributed by atoms with Crippen molar-refractivity contribution in [3.63, 3.8) is 0 Å². The SMILES string of the molecule is O=C(NC(=S)Nc1cc(C(F)(F)F)ccc1N1CCCC1)c1ccc(Cl)cc1. The van der Waals surface area contributed by atoms with E-state index in [1.54, 1.807) is 12.1 Å². The molecule has 1 aliphatic rings. The van der Waals surface area contributed by atoms with Crippen molar-refractivity contribution in [1.29, 1.82) is 0 Å². The van der Waals surface area contributed by atoms with Gasteiger partial charge in [-0.1, -0.05) is 11.6 Å². The molecule has 1 aliphatic heterocycles. The Morgan fingerprint density at radius 2 is 1.71 bits per heavy atom. The van der Waals surface area contributed by atoms with Gasteiger partial charge in [0.05, 0.1) is 16.9 Å². The Morgan fingerprint density at radius 3 is 2.32 bits per heavy atom. The van der Waals surface area contributed by atoms with Crippen LogP contribution in [0.5, 0.6) is 0 Å². The molecule has 0 radical (unpaired) electrons. The lowest BCUT2D eigenvalue weighted by Crippen LogP contribution is -2.34. The fourth-order valence-electron chi connectivity index (χ4n) is 2.98. The van der Waals surface area contributed by atoms with Crippen molar-refractivity contribution in [1.82, 2.24) is 5.32 Å². The summed E-state index contributed by atoms with van der Waals surface area (Å²) in [6.07, 6.45) is -2.54. The van der Waals surface area contributed by atoms with Crippen LogP contribution < -0.4 is 15.5 Å². The molecular weight excluding hydrogens is 411 g/mol. The second-order valence-corrected chi connectivity index (χ2v) is 7.18. The summed E-state index contributed by atoms with van der Waals surface area (Å²) in [6, 6.07) is 9.67. The maximum Gasteiger partial charge on any atom is 0.416 e. The Bertz CT molecular complexity index is 881. The summed E-state index contributed by atoms with van der Waals surface area (Å²) in [5.41, 5.74) is 0.369. The number of hydrogen-bond acceptors (Lipinski definition) is 3. The zero-order valence-electron chi connectivity index (χ0n) is 14.6. The van der Waals surface area contributed by atoms with Gasteiger partial charge in [0.15, 0.2) is 5.11 Å². The van der Waals surface area contributed by atoms with Crippen LogP contribution in [0.4, 0.5) is 24.5 Å². The number of rotatable bonds is 3. The van der Waals surface area contributed by atoms with E-state index in [-0.39, 0.29) is 10.8 Å². The maximum atomic E-state index is 13.1. The van der Waals surface area contributed by atoms with Crippen LogP contribution in [0, 0.1) is 0 Å². The van der Waals surface area contributed by atoms with E-state index in [1.807, 2.05) is 4.90 Å². The first-order chi connectivity index (χ1) is 13.2. The number of nitrogens with one attached hydrogen (secondary N) is 2. The third-order valence-corrected chi connectivity index (χ3v) is 4.81. The highest BCUT2D eigenvalue weighted by Gasteiger charge is 2.32. The normalized spacial score (nSPS) is 14.1. The summed E-state index contributed by atoms with van der Waals surface area (Å²) in [6.45, 7) is 1.51. The van der Waals surface area contributed by atoms with Crippen LogP contribution in [-0.2, 0) is 6.18 Å². The quantitative estimate of drug-likeness (QED) is 0.670. The lowest BCUT2D eigenvalue weighted by Gasteiger charge is -2.23. The molecule has 0 aliphatic carbocycles. The first kappa shape index (κ1) is 20.4. The lowest BCUT2D eigenvalue weighted by molar-refractivity contribution is -0.137. The summed E-state index contributed by atoms with van der Waals surface area (Å²) in [7, 11) is 0. The molecule has 0 spiro atoms. The molecule has 0 aromatic heterocycles. The smallest absolute Gasteiger partial charge is 0.370 e. The number of anilines is 2. The van der Waals surface area contributed by atoms with Gasteiger partial charge in [0, 0.05) is 23.7 Å². The number of hydrogen-bond donors (Lipinski definition) is 2. The van der Waals surface area contributed by atoms with E-state index < -0.39 is 17.6 Å². The monoisotopic (exact) mass is 427 g/mol. The van der Waals surface area contributed by atoms with Gasteiger partial charge >= 0.3 is 6.18 Å². The van der Waals surface area contributed by atoms with Gasteiger partial charge in [-0.3, -0.25) is 10.1 Å². The molecule has 0 unspecified atom stereocenters. The van der Waals surface area contributed by atoms with Gasteiger partial charge in [0.2, 0.25) is 0 Å². The average Bonchev–Trinajstić information content (AvgIpc) is 3.15.